The summed E-state index contributed by atoms with van der Waals surface area (Å²) in [7, 11) is 0. The first kappa shape index (κ1) is 12.6. The molecule has 2 unspecified atom stereocenters. The first-order chi connectivity index (χ1) is 7.81. The molecule has 0 aliphatic heterocycles. The maximum atomic E-state index is 3.70. The number of nitrogens with one attached hydrogen (secondary N) is 1. The van der Waals surface area contributed by atoms with Crippen LogP contribution in [0.2, 0.25) is 0 Å². The molecule has 1 aromatic rings. The average molecular weight is 302 g/mol. The third-order valence-electron chi connectivity index (χ3n) is 3.45. The second-order valence-corrected chi connectivity index (χ2v) is 6.50. The van der Waals surface area contributed by atoms with Gasteiger partial charge in [-0.05, 0) is 65.5 Å². The van der Waals surface area contributed by atoms with Gasteiger partial charge in [-0.1, -0.05) is 13.3 Å². The van der Waals surface area contributed by atoms with Crippen molar-refractivity contribution in [3.05, 3.63) is 20.8 Å². The first-order valence-electron chi connectivity index (χ1n) is 6.26. The van der Waals surface area contributed by atoms with Crippen LogP contribution >= 0.6 is 27.3 Å². The topological polar surface area (TPSA) is 12.0 Å². The minimum Gasteiger partial charge on any atom is -0.314 e. The van der Waals surface area contributed by atoms with E-state index in [9.17, 15) is 0 Å². The van der Waals surface area contributed by atoms with Crippen LogP contribution in [0.1, 0.15) is 37.5 Å². The van der Waals surface area contributed by atoms with Gasteiger partial charge in [0.1, 0.15) is 0 Å². The highest BCUT2D eigenvalue weighted by atomic mass is 79.9. The van der Waals surface area contributed by atoms with E-state index in [4.69, 9.17) is 0 Å². The van der Waals surface area contributed by atoms with Crippen LogP contribution in [0.3, 0.4) is 0 Å². The van der Waals surface area contributed by atoms with Gasteiger partial charge >= 0.3 is 0 Å². The zero-order chi connectivity index (χ0) is 11.4. The number of halogens is 1. The second kappa shape index (κ2) is 6.18. The summed E-state index contributed by atoms with van der Waals surface area (Å²) in [5, 5.41) is 5.89. The molecule has 1 nitrogen and oxygen atoms in total. The van der Waals surface area contributed by atoms with E-state index in [1.165, 1.54) is 48.0 Å². The molecule has 2 rings (SSSR count). The Morgan fingerprint density at radius 2 is 2.38 bits per heavy atom. The lowest BCUT2D eigenvalue weighted by molar-refractivity contribution is 0.400. The Hall–Kier alpha value is 0.140. The lowest BCUT2D eigenvalue weighted by Crippen LogP contribution is -2.33. The largest absolute Gasteiger partial charge is 0.314 e. The SMILES string of the molecule is CCCNC1CCCC1Cc1sccc1Br. The van der Waals surface area contributed by atoms with Crippen LogP contribution in [-0.4, -0.2) is 12.6 Å². The Kier molecular flexibility index (Phi) is 4.86. The molecule has 1 aromatic heterocycles. The van der Waals surface area contributed by atoms with Crippen LogP contribution in [0.15, 0.2) is 15.9 Å². The molecule has 2 atom stereocenters. The van der Waals surface area contributed by atoms with Gasteiger partial charge in [-0.3, -0.25) is 0 Å². The first-order valence-corrected chi connectivity index (χ1v) is 7.93. The Labute approximate surface area is 111 Å². The van der Waals surface area contributed by atoms with Crippen LogP contribution < -0.4 is 5.32 Å². The third kappa shape index (κ3) is 3.08. The lowest BCUT2D eigenvalue weighted by atomic mass is 9.98. The van der Waals surface area contributed by atoms with Crippen molar-refractivity contribution in [2.45, 2.75) is 45.1 Å². The molecule has 1 saturated carbocycles. The molecule has 0 bridgehead atoms. The summed E-state index contributed by atoms with van der Waals surface area (Å²) < 4.78 is 1.30. The van der Waals surface area contributed by atoms with E-state index in [1.54, 1.807) is 0 Å². The minimum atomic E-state index is 0.758. The highest BCUT2D eigenvalue weighted by Gasteiger charge is 2.27. The molecule has 0 saturated heterocycles. The molecule has 0 spiro atoms. The number of thiophene rings is 1. The van der Waals surface area contributed by atoms with E-state index in [-0.39, 0.29) is 0 Å². The van der Waals surface area contributed by atoms with E-state index in [2.05, 4.69) is 39.6 Å². The van der Waals surface area contributed by atoms with Gasteiger partial charge in [-0.2, -0.15) is 0 Å². The maximum Gasteiger partial charge on any atom is 0.0314 e. The summed E-state index contributed by atoms with van der Waals surface area (Å²) >= 11 is 5.52. The Balaban J connectivity index is 1.91. The van der Waals surface area contributed by atoms with Crippen LogP contribution in [0.25, 0.3) is 0 Å². The molecule has 1 N–H and O–H groups in total. The van der Waals surface area contributed by atoms with Crippen molar-refractivity contribution in [1.29, 1.82) is 0 Å². The predicted molar refractivity (Wildman–Crippen MR) is 75.1 cm³/mol. The van der Waals surface area contributed by atoms with Gasteiger partial charge < -0.3 is 5.32 Å². The fourth-order valence-corrected chi connectivity index (χ4v) is 4.20. The summed E-state index contributed by atoms with van der Waals surface area (Å²) in [6.07, 6.45) is 6.65. The molecular formula is C13H20BrNS. The van der Waals surface area contributed by atoms with Gasteiger partial charge in [-0.25, -0.2) is 0 Å². The fourth-order valence-electron chi connectivity index (χ4n) is 2.59. The molecule has 1 aliphatic carbocycles. The van der Waals surface area contributed by atoms with E-state index in [0.717, 1.165) is 12.0 Å². The number of rotatable bonds is 5. The second-order valence-electron chi connectivity index (χ2n) is 4.65. The van der Waals surface area contributed by atoms with Crippen molar-refractivity contribution >= 4 is 27.3 Å². The van der Waals surface area contributed by atoms with Gasteiger partial charge in [0.2, 0.25) is 0 Å². The van der Waals surface area contributed by atoms with Gasteiger partial charge in [0.15, 0.2) is 0 Å². The summed E-state index contributed by atoms with van der Waals surface area (Å²) in [6, 6.07) is 2.93. The highest BCUT2D eigenvalue weighted by Crippen LogP contribution is 2.33. The number of hydrogen-bond donors (Lipinski definition) is 1. The molecule has 90 valence electrons. The average Bonchev–Trinajstić information content (AvgIpc) is 2.87. The van der Waals surface area contributed by atoms with Crippen LogP contribution in [0, 0.1) is 5.92 Å². The van der Waals surface area contributed by atoms with Gasteiger partial charge in [0.05, 0.1) is 0 Å². The quantitative estimate of drug-likeness (QED) is 0.858. The van der Waals surface area contributed by atoms with Gasteiger partial charge in [-0.15, -0.1) is 11.3 Å². The van der Waals surface area contributed by atoms with Crippen molar-refractivity contribution < 1.29 is 0 Å². The normalized spacial score (nSPS) is 25.1. The molecule has 1 heterocycles. The summed E-state index contributed by atoms with van der Waals surface area (Å²) in [4.78, 5) is 1.52. The molecule has 0 amide bonds. The van der Waals surface area contributed by atoms with Crippen molar-refractivity contribution in [2.75, 3.05) is 6.54 Å². The van der Waals surface area contributed by atoms with Crippen molar-refractivity contribution in [3.63, 3.8) is 0 Å². The minimum absolute atomic E-state index is 0.758. The Morgan fingerprint density at radius 3 is 3.06 bits per heavy atom. The summed E-state index contributed by atoms with van der Waals surface area (Å²) in [5.41, 5.74) is 0. The maximum absolute atomic E-state index is 3.70. The predicted octanol–water partition coefficient (Wildman–Crippen LogP) is 4.22. The van der Waals surface area contributed by atoms with E-state index >= 15 is 0 Å². The van der Waals surface area contributed by atoms with Crippen molar-refractivity contribution in [2.24, 2.45) is 5.92 Å². The summed E-state index contributed by atoms with van der Waals surface area (Å²) in [5.74, 6) is 0.849. The molecule has 3 heteroatoms. The Morgan fingerprint density at radius 1 is 1.50 bits per heavy atom. The van der Waals surface area contributed by atoms with Crippen molar-refractivity contribution in [1.82, 2.24) is 5.32 Å². The zero-order valence-corrected chi connectivity index (χ0v) is 12.2. The van der Waals surface area contributed by atoms with Crippen LogP contribution in [0.4, 0.5) is 0 Å². The molecule has 0 radical (unpaired) electrons. The van der Waals surface area contributed by atoms with E-state index < -0.39 is 0 Å². The molecule has 1 aliphatic rings. The molecule has 1 fully saturated rings. The Bertz CT molecular complexity index is 323. The lowest BCUT2D eigenvalue weighted by Gasteiger charge is -2.20. The number of hydrogen-bond acceptors (Lipinski definition) is 2. The highest BCUT2D eigenvalue weighted by molar-refractivity contribution is 9.10. The van der Waals surface area contributed by atoms with Crippen LogP contribution in [-0.2, 0) is 6.42 Å². The fraction of sp³-hybridized carbons (Fsp3) is 0.692. The van der Waals surface area contributed by atoms with Crippen LogP contribution in [0.5, 0.6) is 0 Å². The molecule has 0 aromatic carbocycles. The van der Waals surface area contributed by atoms with Gasteiger partial charge in [0.25, 0.3) is 0 Å². The van der Waals surface area contributed by atoms with E-state index in [1.807, 2.05) is 11.3 Å². The third-order valence-corrected chi connectivity index (χ3v) is 5.40. The van der Waals surface area contributed by atoms with E-state index in [0.29, 0.717) is 0 Å². The monoisotopic (exact) mass is 301 g/mol. The smallest absolute Gasteiger partial charge is 0.0314 e. The molecular weight excluding hydrogens is 282 g/mol. The molecule has 16 heavy (non-hydrogen) atoms. The van der Waals surface area contributed by atoms with Crippen molar-refractivity contribution in [3.8, 4) is 0 Å². The summed E-state index contributed by atoms with van der Waals surface area (Å²) in [6.45, 7) is 3.42. The standard InChI is InChI=1S/C13H20BrNS/c1-2-7-15-12-5-3-4-10(12)9-13-11(14)6-8-16-13/h6,8,10,12,15H,2-5,7,9H2,1H3. The van der Waals surface area contributed by atoms with Gasteiger partial charge in [0, 0.05) is 15.4 Å². The zero-order valence-electron chi connectivity index (χ0n) is 9.84.